The molecule has 0 N–H and O–H groups in total. The second-order valence-corrected chi connectivity index (χ2v) is 12.3. The zero-order valence-corrected chi connectivity index (χ0v) is 18.9. The van der Waals surface area contributed by atoms with Gasteiger partial charge in [0.15, 0.2) is 0 Å². The van der Waals surface area contributed by atoms with Gasteiger partial charge in [-0.1, -0.05) is 40.9 Å². The molecule has 0 fully saturated rings. The van der Waals surface area contributed by atoms with Gasteiger partial charge < -0.3 is 0 Å². The Morgan fingerprint density at radius 2 is 1.07 bits per heavy atom. The summed E-state index contributed by atoms with van der Waals surface area (Å²) in [4.78, 5) is 1.77. The SMILES string of the molecule is C=S(=O)(c1cc(C)cc(Cl)c1)c1cccc(S(=C)(=O)c2cc(Cl)cc(Cl)c2)c1. The van der Waals surface area contributed by atoms with E-state index in [1.807, 2.05) is 6.92 Å². The van der Waals surface area contributed by atoms with Crippen molar-refractivity contribution in [1.82, 2.24) is 0 Å². The predicted octanol–water partition coefficient (Wildman–Crippen LogP) is 6.22. The molecule has 0 bridgehead atoms. The first kappa shape index (κ1) is 21.3. The van der Waals surface area contributed by atoms with Crippen molar-refractivity contribution in [2.24, 2.45) is 0 Å². The van der Waals surface area contributed by atoms with Gasteiger partial charge in [-0.3, -0.25) is 8.42 Å². The van der Waals surface area contributed by atoms with Gasteiger partial charge in [-0.25, -0.2) is 0 Å². The third-order valence-electron chi connectivity index (χ3n) is 4.18. The Morgan fingerprint density at radius 1 is 0.643 bits per heavy atom. The van der Waals surface area contributed by atoms with Gasteiger partial charge >= 0.3 is 0 Å². The minimum absolute atomic E-state index is 0.366. The van der Waals surface area contributed by atoms with E-state index < -0.39 is 19.0 Å². The molecule has 0 radical (unpaired) electrons. The molecule has 0 saturated carbocycles. The van der Waals surface area contributed by atoms with Crippen LogP contribution in [0.1, 0.15) is 5.56 Å². The van der Waals surface area contributed by atoms with Gasteiger partial charge in [0.25, 0.3) is 0 Å². The molecule has 0 aliphatic heterocycles. The molecule has 3 aromatic rings. The Balaban J connectivity index is 2.14. The quantitative estimate of drug-likeness (QED) is 0.423. The minimum atomic E-state index is -2.91. The van der Waals surface area contributed by atoms with Crippen LogP contribution in [0.5, 0.6) is 0 Å². The van der Waals surface area contributed by atoms with Gasteiger partial charge in [0.2, 0.25) is 0 Å². The molecule has 3 rings (SSSR count). The van der Waals surface area contributed by atoms with Gasteiger partial charge in [-0.2, -0.15) is 0 Å². The molecule has 146 valence electrons. The Labute approximate surface area is 181 Å². The third-order valence-corrected chi connectivity index (χ3v) is 8.86. The summed E-state index contributed by atoms with van der Waals surface area (Å²) in [6.07, 6.45) is 0. The number of aryl methyl sites for hydroxylation is 1. The lowest BCUT2D eigenvalue weighted by Gasteiger charge is -2.15. The fourth-order valence-corrected chi connectivity index (χ4v) is 6.96. The van der Waals surface area contributed by atoms with Crippen molar-refractivity contribution in [2.75, 3.05) is 0 Å². The molecule has 0 heterocycles. The first-order valence-electron chi connectivity index (χ1n) is 8.08. The highest BCUT2D eigenvalue weighted by atomic mass is 35.5. The Kier molecular flexibility index (Phi) is 5.91. The van der Waals surface area contributed by atoms with E-state index in [1.165, 1.54) is 0 Å². The molecule has 0 aliphatic carbocycles. The fraction of sp³-hybridized carbons (Fsp3) is 0.0476. The van der Waals surface area contributed by atoms with E-state index in [0.29, 0.717) is 34.6 Å². The van der Waals surface area contributed by atoms with Crippen LogP contribution in [-0.4, -0.2) is 20.2 Å². The molecule has 28 heavy (non-hydrogen) atoms. The molecule has 0 aromatic heterocycles. The Hall–Kier alpha value is -1.43. The molecule has 3 aromatic carbocycles. The topological polar surface area (TPSA) is 34.1 Å². The van der Waals surface area contributed by atoms with E-state index in [-0.39, 0.29) is 0 Å². The van der Waals surface area contributed by atoms with E-state index in [2.05, 4.69) is 11.7 Å². The molecular formula is C21H17Cl3O2S2. The molecule has 2 unspecified atom stereocenters. The van der Waals surface area contributed by atoms with Crippen molar-refractivity contribution in [1.29, 1.82) is 0 Å². The summed E-state index contributed by atoms with van der Waals surface area (Å²) in [5.74, 6) is 7.82. The minimum Gasteiger partial charge on any atom is -0.258 e. The maximum absolute atomic E-state index is 13.5. The van der Waals surface area contributed by atoms with Crippen molar-refractivity contribution in [2.45, 2.75) is 26.5 Å². The average molecular weight is 472 g/mol. The summed E-state index contributed by atoms with van der Waals surface area (Å²) in [5.41, 5.74) is 0.879. The Morgan fingerprint density at radius 3 is 1.54 bits per heavy atom. The number of halogens is 3. The summed E-state index contributed by atoms with van der Waals surface area (Å²) in [5, 5.41) is 1.22. The molecule has 2 atom stereocenters. The monoisotopic (exact) mass is 470 g/mol. The molecule has 2 nitrogen and oxygen atoms in total. The number of hydrogen-bond acceptors (Lipinski definition) is 2. The summed E-state index contributed by atoms with van der Waals surface area (Å²) >= 11 is 18.2. The van der Waals surface area contributed by atoms with Crippen LogP contribution in [0.4, 0.5) is 0 Å². The van der Waals surface area contributed by atoms with Crippen LogP contribution in [0.15, 0.2) is 80.2 Å². The zero-order valence-electron chi connectivity index (χ0n) is 15.0. The first-order chi connectivity index (χ1) is 13.0. The van der Waals surface area contributed by atoms with Crippen LogP contribution in [0.25, 0.3) is 0 Å². The standard InChI is InChI=1S/C21H17Cl3O2S2/c1-14-7-15(22)10-20(8-14)27(2,25)18-5-4-6-19(13-18)28(3,26)21-11-16(23)9-17(24)12-21/h4-13H,2-3H2,1H3. The van der Waals surface area contributed by atoms with E-state index in [9.17, 15) is 8.42 Å². The Bertz CT molecular complexity index is 1140. The second kappa shape index (κ2) is 7.77. The summed E-state index contributed by atoms with van der Waals surface area (Å²) in [6, 6.07) is 16.5. The largest absolute Gasteiger partial charge is 0.258 e. The predicted molar refractivity (Wildman–Crippen MR) is 123 cm³/mol. The van der Waals surface area contributed by atoms with Crippen LogP contribution in [-0.2, 0) is 19.0 Å². The molecule has 0 saturated heterocycles. The molecule has 0 aliphatic rings. The highest BCUT2D eigenvalue weighted by Crippen LogP contribution is 2.30. The van der Waals surface area contributed by atoms with Crippen LogP contribution in [0.2, 0.25) is 15.1 Å². The van der Waals surface area contributed by atoms with Crippen molar-refractivity contribution < 1.29 is 8.42 Å². The van der Waals surface area contributed by atoms with E-state index in [4.69, 9.17) is 34.8 Å². The molecule has 0 amide bonds. The van der Waals surface area contributed by atoms with Crippen LogP contribution >= 0.6 is 34.8 Å². The van der Waals surface area contributed by atoms with Gasteiger partial charge in [0.1, 0.15) is 0 Å². The summed E-state index contributed by atoms with van der Waals surface area (Å²) in [7, 11) is -5.77. The lowest BCUT2D eigenvalue weighted by molar-refractivity contribution is 0.679. The highest BCUT2D eigenvalue weighted by Gasteiger charge is 2.17. The van der Waals surface area contributed by atoms with Crippen LogP contribution < -0.4 is 0 Å². The lowest BCUT2D eigenvalue weighted by atomic mass is 10.2. The maximum Gasteiger partial charge on any atom is 0.0432 e. The normalized spacial score (nSPS) is 15.6. The van der Waals surface area contributed by atoms with Gasteiger partial charge in [0, 0.05) is 53.7 Å². The first-order valence-corrected chi connectivity index (χ1v) is 12.7. The summed E-state index contributed by atoms with van der Waals surface area (Å²) < 4.78 is 26.9. The average Bonchev–Trinajstić information content (AvgIpc) is 2.60. The van der Waals surface area contributed by atoms with Crippen molar-refractivity contribution in [3.63, 3.8) is 0 Å². The number of rotatable bonds is 4. The molecule has 7 heteroatoms. The van der Waals surface area contributed by atoms with Gasteiger partial charge in [0.05, 0.1) is 0 Å². The smallest absolute Gasteiger partial charge is 0.0432 e. The van der Waals surface area contributed by atoms with Gasteiger partial charge in [-0.05, 0) is 78.8 Å². The van der Waals surface area contributed by atoms with E-state index in [0.717, 1.165) is 5.56 Å². The maximum atomic E-state index is 13.5. The van der Waals surface area contributed by atoms with Crippen molar-refractivity contribution >= 4 is 65.6 Å². The highest BCUT2D eigenvalue weighted by molar-refractivity contribution is 8.01. The second-order valence-electron chi connectivity index (χ2n) is 6.39. The molecule has 0 spiro atoms. The zero-order chi connectivity index (χ0) is 20.7. The van der Waals surface area contributed by atoms with Crippen molar-refractivity contribution in [3.05, 3.63) is 81.3 Å². The van der Waals surface area contributed by atoms with Crippen LogP contribution in [0.3, 0.4) is 0 Å². The number of benzene rings is 3. The summed E-state index contributed by atoms with van der Waals surface area (Å²) in [6.45, 7) is 1.87. The third kappa shape index (κ3) is 4.27. The van der Waals surface area contributed by atoms with E-state index in [1.54, 1.807) is 60.7 Å². The van der Waals surface area contributed by atoms with E-state index >= 15 is 0 Å². The molecular weight excluding hydrogens is 455 g/mol. The number of hydrogen-bond donors (Lipinski definition) is 0. The van der Waals surface area contributed by atoms with Gasteiger partial charge in [-0.15, -0.1) is 0 Å². The van der Waals surface area contributed by atoms with Crippen molar-refractivity contribution in [3.8, 4) is 0 Å². The van der Waals surface area contributed by atoms with Crippen LogP contribution in [0, 0.1) is 6.92 Å². The lowest BCUT2D eigenvalue weighted by Crippen LogP contribution is -2.06. The fourth-order valence-electron chi connectivity index (χ4n) is 2.77.